The van der Waals surface area contributed by atoms with Crippen molar-refractivity contribution in [3.63, 3.8) is 0 Å². The first-order valence-corrected chi connectivity index (χ1v) is 8.99. The van der Waals surface area contributed by atoms with Gasteiger partial charge >= 0.3 is 0 Å². The number of benzene rings is 1. The standard InChI is InChI=1S/C20H27FN4O.HI/c1-19(2,3)16-11-23-17(26-16)12-24-18(22-4)25-13-20(9-10-20)14-7-5-6-8-15(14)21;/h5-8,11H,9-10,12-13H2,1-4H3,(H2,22,24,25);1H. The van der Waals surface area contributed by atoms with E-state index in [1.54, 1.807) is 19.3 Å². The second kappa shape index (κ2) is 8.58. The van der Waals surface area contributed by atoms with Crippen LogP contribution < -0.4 is 10.6 Å². The molecule has 0 aliphatic heterocycles. The van der Waals surface area contributed by atoms with E-state index < -0.39 is 0 Å². The van der Waals surface area contributed by atoms with Crippen molar-refractivity contribution in [1.29, 1.82) is 0 Å². The smallest absolute Gasteiger partial charge is 0.213 e. The highest BCUT2D eigenvalue weighted by Crippen LogP contribution is 2.48. The molecule has 1 aromatic carbocycles. The zero-order chi connectivity index (χ0) is 18.8. The van der Waals surface area contributed by atoms with Gasteiger partial charge in [-0.2, -0.15) is 0 Å². The van der Waals surface area contributed by atoms with Gasteiger partial charge in [0, 0.05) is 24.4 Å². The molecular weight excluding hydrogens is 458 g/mol. The number of guanidine groups is 1. The number of hydrogen-bond acceptors (Lipinski definition) is 3. The Morgan fingerprint density at radius 3 is 2.52 bits per heavy atom. The van der Waals surface area contributed by atoms with Gasteiger partial charge in [-0.3, -0.25) is 4.99 Å². The van der Waals surface area contributed by atoms with Crippen molar-refractivity contribution in [2.24, 2.45) is 4.99 Å². The maximum Gasteiger partial charge on any atom is 0.213 e. The van der Waals surface area contributed by atoms with Crippen molar-refractivity contribution in [2.75, 3.05) is 13.6 Å². The Morgan fingerprint density at radius 2 is 1.96 bits per heavy atom. The number of aromatic nitrogens is 1. The Labute approximate surface area is 177 Å². The summed E-state index contributed by atoms with van der Waals surface area (Å²) in [6.45, 7) is 7.35. The van der Waals surface area contributed by atoms with Crippen LogP contribution in [0.25, 0.3) is 0 Å². The number of rotatable bonds is 5. The van der Waals surface area contributed by atoms with E-state index in [0.29, 0.717) is 24.9 Å². The largest absolute Gasteiger partial charge is 0.443 e. The van der Waals surface area contributed by atoms with E-state index in [2.05, 4.69) is 41.4 Å². The molecule has 0 amide bonds. The lowest BCUT2D eigenvalue weighted by atomic mass is 9.94. The van der Waals surface area contributed by atoms with Crippen LogP contribution in [0.15, 0.2) is 39.9 Å². The molecular formula is C20H28FIN4O. The third kappa shape index (κ3) is 5.21. The first kappa shape index (κ1) is 21.7. The van der Waals surface area contributed by atoms with Crippen LogP contribution in [0.1, 0.15) is 50.8 Å². The quantitative estimate of drug-likeness (QED) is 0.379. The van der Waals surface area contributed by atoms with Gasteiger partial charge in [0.05, 0.1) is 12.7 Å². The minimum absolute atomic E-state index is 0. The topological polar surface area (TPSA) is 62.5 Å². The van der Waals surface area contributed by atoms with Gasteiger partial charge in [0.25, 0.3) is 0 Å². The fourth-order valence-electron chi connectivity index (χ4n) is 2.96. The molecule has 1 aliphatic rings. The summed E-state index contributed by atoms with van der Waals surface area (Å²) >= 11 is 0. The van der Waals surface area contributed by atoms with Crippen molar-refractivity contribution < 1.29 is 8.81 Å². The first-order valence-electron chi connectivity index (χ1n) is 8.99. The predicted octanol–water partition coefficient (Wildman–Crippen LogP) is 4.13. The molecule has 0 unspecified atom stereocenters. The van der Waals surface area contributed by atoms with Gasteiger partial charge in [-0.15, -0.1) is 24.0 Å². The molecule has 7 heteroatoms. The molecule has 3 rings (SSSR count). The molecule has 5 nitrogen and oxygen atoms in total. The molecule has 1 aromatic heterocycles. The first-order chi connectivity index (χ1) is 12.3. The van der Waals surface area contributed by atoms with Gasteiger partial charge in [0.1, 0.15) is 11.6 Å². The highest BCUT2D eigenvalue weighted by Gasteiger charge is 2.45. The van der Waals surface area contributed by atoms with Crippen molar-refractivity contribution in [3.05, 3.63) is 53.5 Å². The number of halogens is 2. The number of nitrogens with one attached hydrogen (secondary N) is 2. The van der Waals surface area contributed by atoms with Crippen LogP contribution in [0.2, 0.25) is 0 Å². The lowest BCUT2D eigenvalue weighted by Crippen LogP contribution is -2.41. The van der Waals surface area contributed by atoms with E-state index >= 15 is 0 Å². The van der Waals surface area contributed by atoms with Gasteiger partial charge in [-0.1, -0.05) is 39.0 Å². The van der Waals surface area contributed by atoms with E-state index in [1.807, 2.05) is 12.1 Å². The van der Waals surface area contributed by atoms with Gasteiger partial charge < -0.3 is 15.1 Å². The molecule has 27 heavy (non-hydrogen) atoms. The monoisotopic (exact) mass is 486 g/mol. The Bertz CT molecular complexity index is 793. The molecule has 0 atom stereocenters. The van der Waals surface area contributed by atoms with E-state index in [1.165, 1.54) is 6.07 Å². The fourth-order valence-corrected chi connectivity index (χ4v) is 2.96. The third-order valence-electron chi connectivity index (χ3n) is 4.82. The second-order valence-electron chi connectivity index (χ2n) is 7.91. The molecule has 0 saturated heterocycles. The molecule has 2 N–H and O–H groups in total. The molecule has 0 bridgehead atoms. The van der Waals surface area contributed by atoms with Crippen molar-refractivity contribution in [1.82, 2.24) is 15.6 Å². The maximum atomic E-state index is 14.1. The van der Waals surface area contributed by atoms with Crippen LogP contribution >= 0.6 is 24.0 Å². The summed E-state index contributed by atoms with van der Waals surface area (Å²) in [5.41, 5.74) is 0.583. The predicted molar refractivity (Wildman–Crippen MR) is 116 cm³/mol. The summed E-state index contributed by atoms with van der Waals surface area (Å²) in [7, 11) is 1.72. The van der Waals surface area contributed by atoms with Crippen molar-refractivity contribution in [3.8, 4) is 0 Å². The Hall–Kier alpha value is -1.64. The second-order valence-corrected chi connectivity index (χ2v) is 7.91. The highest BCUT2D eigenvalue weighted by atomic mass is 127. The third-order valence-corrected chi connectivity index (χ3v) is 4.82. The van der Waals surface area contributed by atoms with Crippen LogP contribution in [-0.4, -0.2) is 24.5 Å². The average molecular weight is 486 g/mol. The van der Waals surface area contributed by atoms with Gasteiger partial charge in [-0.25, -0.2) is 9.37 Å². The summed E-state index contributed by atoms with van der Waals surface area (Å²) in [5, 5.41) is 6.51. The molecule has 148 valence electrons. The van der Waals surface area contributed by atoms with Crippen molar-refractivity contribution in [2.45, 2.75) is 51.0 Å². The molecule has 0 radical (unpaired) electrons. The fraction of sp³-hybridized carbons (Fsp3) is 0.500. The summed E-state index contributed by atoms with van der Waals surface area (Å²) < 4.78 is 19.9. The summed E-state index contributed by atoms with van der Waals surface area (Å²) in [6, 6.07) is 7.02. The summed E-state index contributed by atoms with van der Waals surface area (Å²) in [6.07, 6.45) is 3.73. The summed E-state index contributed by atoms with van der Waals surface area (Å²) in [4.78, 5) is 8.54. The summed E-state index contributed by atoms with van der Waals surface area (Å²) in [5.74, 6) is 1.99. The Kier molecular flexibility index (Phi) is 6.88. The van der Waals surface area contributed by atoms with Crippen molar-refractivity contribution >= 4 is 29.9 Å². The van der Waals surface area contributed by atoms with E-state index in [-0.39, 0.29) is 40.6 Å². The van der Waals surface area contributed by atoms with Gasteiger partial charge in [-0.05, 0) is 24.5 Å². The lowest BCUT2D eigenvalue weighted by molar-refractivity contribution is 0.379. The number of aliphatic imine (C=N–C) groups is 1. The average Bonchev–Trinajstić information content (AvgIpc) is 3.22. The number of oxazole rings is 1. The van der Waals surface area contributed by atoms with Crippen LogP contribution in [0.5, 0.6) is 0 Å². The van der Waals surface area contributed by atoms with Crippen LogP contribution in [-0.2, 0) is 17.4 Å². The number of hydrogen-bond donors (Lipinski definition) is 2. The zero-order valence-corrected chi connectivity index (χ0v) is 18.6. The van der Waals surface area contributed by atoms with Gasteiger partial charge in [0.2, 0.25) is 5.89 Å². The lowest BCUT2D eigenvalue weighted by Gasteiger charge is -2.19. The SMILES string of the molecule is CN=C(NCc1ncc(C(C)(C)C)o1)NCC1(c2ccccc2F)CC1.I. The molecule has 1 heterocycles. The molecule has 1 fully saturated rings. The molecule has 0 spiro atoms. The minimum Gasteiger partial charge on any atom is -0.443 e. The maximum absolute atomic E-state index is 14.1. The van der Waals surface area contributed by atoms with Crippen LogP contribution in [0.4, 0.5) is 4.39 Å². The van der Waals surface area contributed by atoms with E-state index in [9.17, 15) is 4.39 Å². The van der Waals surface area contributed by atoms with Crippen LogP contribution in [0.3, 0.4) is 0 Å². The van der Waals surface area contributed by atoms with Gasteiger partial charge in [0.15, 0.2) is 5.96 Å². The Balaban J connectivity index is 0.00000261. The zero-order valence-electron chi connectivity index (χ0n) is 16.3. The Morgan fingerprint density at radius 1 is 1.26 bits per heavy atom. The minimum atomic E-state index is -0.135. The van der Waals surface area contributed by atoms with E-state index in [0.717, 1.165) is 24.2 Å². The molecule has 1 aliphatic carbocycles. The van der Waals surface area contributed by atoms with Crippen LogP contribution in [0, 0.1) is 5.82 Å². The molecule has 2 aromatic rings. The van der Waals surface area contributed by atoms with E-state index in [4.69, 9.17) is 4.42 Å². The highest BCUT2D eigenvalue weighted by molar-refractivity contribution is 14.0. The molecule has 1 saturated carbocycles. The normalized spacial score (nSPS) is 15.8. The number of nitrogens with zero attached hydrogens (tertiary/aromatic N) is 2.